The highest BCUT2D eigenvalue weighted by atomic mass is 14.9. The minimum atomic E-state index is 0.557. The molecule has 0 bridgehead atoms. The average molecular weight is 204 g/mol. The first kappa shape index (κ1) is 10.6. The van der Waals surface area contributed by atoms with Crippen LogP contribution in [-0.4, -0.2) is 18.1 Å². The summed E-state index contributed by atoms with van der Waals surface area (Å²) < 4.78 is 0. The summed E-state index contributed by atoms with van der Waals surface area (Å²) in [5, 5.41) is 3.44. The van der Waals surface area contributed by atoms with E-state index in [1.165, 1.54) is 24.1 Å². The average Bonchev–Trinajstić information content (AvgIpc) is 2.63. The van der Waals surface area contributed by atoms with E-state index >= 15 is 0 Å². The molecular weight excluding hydrogens is 184 g/mol. The molecule has 0 aromatic carbocycles. The van der Waals surface area contributed by atoms with Crippen LogP contribution in [0.15, 0.2) is 18.3 Å². The topological polar surface area (TPSA) is 24.9 Å². The predicted molar refractivity (Wildman–Crippen MR) is 63.0 cm³/mol. The molecule has 0 fully saturated rings. The molecule has 0 spiro atoms. The van der Waals surface area contributed by atoms with Gasteiger partial charge in [0.15, 0.2) is 0 Å². The van der Waals surface area contributed by atoms with Gasteiger partial charge in [0, 0.05) is 23.9 Å². The smallest absolute Gasteiger partial charge is 0.0482 e. The van der Waals surface area contributed by atoms with Gasteiger partial charge in [-0.05, 0) is 37.4 Å². The van der Waals surface area contributed by atoms with Crippen LogP contribution in [0.3, 0.4) is 0 Å². The zero-order valence-corrected chi connectivity index (χ0v) is 9.83. The van der Waals surface area contributed by atoms with Gasteiger partial charge in [0.1, 0.15) is 0 Å². The van der Waals surface area contributed by atoms with E-state index in [1.54, 1.807) is 0 Å². The summed E-state index contributed by atoms with van der Waals surface area (Å²) in [6.07, 6.45) is 4.36. The second-order valence-electron chi connectivity index (χ2n) is 4.75. The molecule has 1 aromatic rings. The van der Waals surface area contributed by atoms with E-state index in [-0.39, 0.29) is 0 Å². The van der Waals surface area contributed by atoms with Gasteiger partial charge in [0.05, 0.1) is 0 Å². The Balaban J connectivity index is 2.26. The number of aryl methyl sites for hydroxylation is 1. The maximum Gasteiger partial charge on any atom is 0.0482 e. The Morgan fingerprint density at radius 3 is 2.93 bits per heavy atom. The Morgan fingerprint density at radius 1 is 1.47 bits per heavy atom. The van der Waals surface area contributed by atoms with Crippen LogP contribution in [-0.2, 0) is 6.42 Å². The molecule has 1 aromatic heterocycles. The first-order valence-corrected chi connectivity index (χ1v) is 5.85. The molecule has 1 heterocycles. The third-order valence-electron chi connectivity index (χ3n) is 3.49. The van der Waals surface area contributed by atoms with E-state index < -0.39 is 0 Å². The van der Waals surface area contributed by atoms with Crippen molar-refractivity contribution in [1.82, 2.24) is 10.3 Å². The van der Waals surface area contributed by atoms with Crippen molar-refractivity contribution in [2.45, 2.75) is 38.6 Å². The molecule has 1 aliphatic rings. The van der Waals surface area contributed by atoms with E-state index in [4.69, 9.17) is 0 Å². The minimum Gasteiger partial charge on any atom is -0.316 e. The van der Waals surface area contributed by atoms with Crippen LogP contribution < -0.4 is 5.32 Å². The third kappa shape index (κ3) is 1.91. The molecular formula is C13H20N2. The van der Waals surface area contributed by atoms with Crippen molar-refractivity contribution < 1.29 is 0 Å². The molecule has 82 valence electrons. The van der Waals surface area contributed by atoms with Crippen molar-refractivity contribution in [3.63, 3.8) is 0 Å². The van der Waals surface area contributed by atoms with Gasteiger partial charge in [0.2, 0.25) is 0 Å². The molecule has 2 heteroatoms. The Hall–Kier alpha value is -0.890. The van der Waals surface area contributed by atoms with Crippen molar-refractivity contribution in [2.75, 3.05) is 7.05 Å². The summed E-state index contributed by atoms with van der Waals surface area (Å²) in [6, 6.07) is 4.82. The van der Waals surface area contributed by atoms with E-state index in [2.05, 4.69) is 37.3 Å². The second kappa shape index (κ2) is 4.31. The van der Waals surface area contributed by atoms with E-state index in [9.17, 15) is 0 Å². The van der Waals surface area contributed by atoms with Crippen molar-refractivity contribution in [1.29, 1.82) is 0 Å². The predicted octanol–water partition coefficient (Wildman–Crippen LogP) is 2.36. The normalized spacial score (nSPS) is 21.7. The fourth-order valence-corrected chi connectivity index (χ4v) is 2.79. The Morgan fingerprint density at radius 2 is 2.27 bits per heavy atom. The van der Waals surface area contributed by atoms with Crippen LogP contribution >= 0.6 is 0 Å². The Kier molecular flexibility index (Phi) is 3.06. The number of likely N-dealkylation sites (N-methyl/N-ethyl adjacent to an activating group) is 1. The highest BCUT2D eigenvalue weighted by Gasteiger charge is 2.31. The summed E-state index contributed by atoms with van der Waals surface area (Å²) >= 11 is 0. The van der Waals surface area contributed by atoms with Crippen LogP contribution in [0.4, 0.5) is 0 Å². The maximum atomic E-state index is 4.55. The lowest BCUT2D eigenvalue weighted by Crippen LogP contribution is -2.36. The Labute approximate surface area is 92.1 Å². The largest absolute Gasteiger partial charge is 0.316 e. The molecule has 2 unspecified atom stereocenters. The van der Waals surface area contributed by atoms with Crippen molar-refractivity contribution in [3.05, 3.63) is 29.6 Å². The zero-order chi connectivity index (χ0) is 10.8. The van der Waals surface area contributed by atoms with Gasteiger partial charge in [0.25, 0.3) is 0 Å². The zero-order valence-electron chi connectivity index (χ0n) is 9.83. The van der Waals surface area contributed by atoms with Crippen LogP contribution in [0.2, 0.25) is 0 Å². The van der Waals surface area contributed by atoms with Gasteiger partial charge in [-0.25, -0.2) is 0 Å². The summed E-state index contributed by atoms with van der Waals surface area (Å²) in [4.78, 5) is 4.55. The molecule has 2 rings (SSSR count). The first-order chi connectivity index (χ1) is 7.24. The van der Waals surface area contributed by atoms with Crippen LogP contribution in [0.1, 0.15) is 37.4 Å². The lowest BCUT2D eigenvalue weighted by atomic mass is 9.88. The number of nitrogens with zero attached hydrogens (tertiary/aromatic N) is 1. The summed E-state index contributed by atoms with van der Waals surface area (Å²) in [6.45, 7) is 4.56. The Bertz CT molecular complexity index is 333. The monoisotopic (exact) mass is 204 g/mol. The van der Waals surface area contributed by atoms with Gasteiger partial charge >= 0.3 is 0 Å². The SMILES string of the molecule is CNC(C(C)C)C1CCc2cccnc21. The highest BCUT2D eigenvalue weighted by molar-refractivity contribution is 5.30. The molecule has 1 aliphatic carbocycles. The van der Waals surface area contributed by atoms with E-state index in [0.717, 1.165) is 0 Å². The molecule has 2 atom stereocenters. The van der Waals surface area contributed by atoms with Gasteiger partial charge in [-0.2, -0.15) is 0 Å². The van der Waals surface area contributed by atoms with Crippen LogP contribution in [0, 0.1) is 5.92 Å². The maximum absolute atomic E-state index is 4.55. The number of pyridine rings is 1. The summed E-state index contributed by atoms with van der Waals surface area (Å²) in [5.74, 6) is 1.26. The quantitative estimate of drug-likeness (QED) is 0.817. The number of hydrogen-bond acceptors (Lipinski definition) is 2. The minimum absolute atomic E-state index is 0.557. The van der Waals surface area contributed by atoms with Gasteiger partial charge in [-0.3, -0.25) is 4.98 Å². The standard InChI is InChI=1S/C13H20N2/c1-9(2)12(14-3)11-7-6-10-5-4-8-15-13(10)11/h4-5,8-9,11-12,14H,6-7H2,1-3H3. The molecule has 0 aliphatic heterocycles. The van der Waals surface area contributed by atoms with Gasteiger partial charge in [-0.1, -0.05) is 19.9 Å². The molecule has 0 radical (unpaired) electrons. The number of fused-ring (bicyclic) bond motifs is 1. The van der Waals surface area contributed by atoms with Crippen LogP contribution in [0.25, 0.3) is 0 Å². The van der Waals surface area contributed by atoms with Crippen molar-refractivity contribution in [3.8, 4) is 0 Å². The van der Waals surface area contributed by atoms with Gasteiger partial charge < -0.3 is 5.32 Å². The lowest BCUT2D eigenvalue weighted by Gasteiger charge is -2.26. The second-order valence-corrected chi connectivity index (χ2v) is 4.75. The number of hydrogen-bond donors (Lipinski definition) is 1. The molecule has 15 heavy (non-hydrogen) atoms. The summed E-state index contributed by atoms with van der Waals surface area (Å²) in [7, 11) is 2.06. The molecule has 0 amide bonds. The lowest BCUT2D eigenvalue weighted by molar-refractivity contribution is 0.356. The molecule has 0 saturated heterocycles. The van der Waals surface area contributed by atoms with Crippen molar-refractivity contribution >= 4 is 0 Å². The third-order valence-corrected chi connectivity index (χ3v) is 3.49. The first-order valence-electron chi connectivity index (χ1n) is 5.85. The molecule has 2 nitrogen and oxygen atoms in total. The van der Waals surface area contributed by atoms with Crippen LogP contribution in [0.5, 0.6) is 0 Å². The summed E-state index contributed by atoms with van der Waals surface area (Å²) in [5.41, 5.74) is 2.77. The van der Waals surface area contributed by atoms with Crippen molar-refractivity contribution in [2.24, 2.45) is 5.92 Å². The van der Waals surface area contributed by atoms with E-state index in [0.29, 0.717) is 17.9 Å². The fraction of sp³-hybridized carbons (Fsp3) is 0.615. The van der Waals surface area contributed by atoms with E-state index in [1.807, 2.05) is 12.3 Å². The fourth-order valence-electron chi connectivity index (χ4n) is 2.79. The number of rotatable bonds is 3. The molecule has 1 N–H and O–H groups in total. The van der Waals surface area contributed by atoms with Gasteiger partial charge in [-0.15, -0.1) is 0 Å². The number of nitrogens with one attached hydrogen (secondary N) is 1. The number of aromatic nitrogens is 1. The molecule has 0 saturated carbocycles. The highest BCUT2D eigenvalue weighted by Crippen LogP contribution is 2.35.